The molecule has 2 unspecified atom stereocenters. The highest BCUT2D eigenvalue weighted by atomic mass is 127. The van der Waals surface area contributed by atoms with Gasteiger partial charge in [0.25, 0.3) is 0 Å². The van der Waals surface area contributed by atoms with Gasteiger partial charge in [-0.25, -0.2) is 0 Å². The second-order valence-corrected chi connectivity index (χ2v) is 4.87. The first-order chi connectivity index (χ1) is 9.35. The molecule has 2 aliphatic heterocycles. The van der Waals surface area contributed by atoms with Crippen molar-refractivity contribution in [2.24, 2.45) is 4.99 Å². The van der Waals surface area contributed by atoms with Crippen LogP contribution in [-0.2, 0) is 14.2 Å². The number of rotatable bonds is 4. The highest BCUT2D eigenvalue weighted by Gasteiger charge is 2.32. The Kier molecular flexibility index (Phi) is 8.74. The summed E-state index contributed by atoms with van der Waals surface area (Å²) in [7, 11) is 3.51. The van der Waals surface area contributed by atoms with Gasteiger partial charge >= 0.3 is 0 Å². The molecule has 0 bridgehead atoms. The molecule has 0 radical (unpaired) electrons. The van der Waals surface area contributed by atoms with Crippen molar-refractivity contribution in [1.29, 1.82) is 0 Å². The number of halogens is 1. The van der Waals surface area contributed by atoms with E-state index in [1.807, 2.05) is 7.05 Å². The van der Waals surface area contributed by atoms with Gasteiger partial charge in [-0.15, -0.1) is 24.0 Å². The number of ether oxygens (including phenoxy) is 3. The summed E-state index contributed by atoms with van der Waals surface area (Å²) in [5.41, 5.74) is 0. The van der Waals surface area contributed by atoms with Crippen LogP contribution in [0.1, 0.15) is 12.8 Å². The third-order valence-electron chi connectivity index (χ3n) is 3.57. The summed E-state index contributed by atoms with van der Waals surface area (Å²) in [6, 6.07) is 0. The summed E-state index contributed by atoms with van der Waals surface area (Å²) in [4.78, 5) is 6.57. The third kappa shape index (κ3) is 5.01. The van der Waals surface area contributed by atoms with Crippen LogP contribution in [-0.4, -0.2) is 76.7 Å². The normalized spacial score (nSPS) is 27.3. The fourth-order valence-corrected chi connectivity index (χ4v) is 2.59. The summed E-state index contributed by atoms with van der Waals surface area (Å²) in [5, 5.41) is 3.31. The van der Waals surface area contributed by atoms with Gasteiger partial charge in [0.2, 0.25) is 0 Å². The molecule has 0 aromatic rings. The Hall–Kier alpha value is -0.120. The average molecular weight is 399 g/mol. The molecule has 0 aliphatic carbocycles. The molecular weight excluding hydrogens is 373 g/mol. The summed E-state index contributed by atoms with van der Waals surface area (Å²) >= 11 is 0. The van der Waals surface area contributed by atoms with Crippen molar-refractivity contribution in [2.45, 2.75) is 25.0 Å². The van der Waals surface area contributed by atoms with Crippen molar-refractivity contribution < 1.29 is 14.2 Å². The molecule has 7 heteroatoms. The Labute approximate surface area is 138 Å². The van der Waals surface area contributed by atoms with Crippen molar-refractivity contribution in [2.75, 3.05) is 53.6 Å². The monoisotopic (exact) mass is 399 g/mol. The maximum absolute atomic E-state index is 5.84. The molecule has 0 amide bonds. The van der Waals surface area contributed by atoms with E-state index >= 15 is 0 Å². The number of hydrogen-bond acceptors (Lipinski definition) is 4. The van der Waals surface area contributed by atoms with Crippen molar-refractivity contribution in [3.05, 3.63) is 0 Å². The number of methoxy groups -OCH3 is 1. The van der Waals surface area contributed by atoms with E-state index in [1.54, 1.807) is 7.11 Å². The lowest BCUT2D eigenvalue weighted by atomic mass is 10.1. The first-order valence-electron chi connectivity index (χ1n) is 7.03. The van der Waals surface area contributed by atoms with Crippen molar-refractivity contribution in [3.8, 4) is 0 Å². The van der Waals surface area contributed by atoms with Crippen LogP contribution in [0.5, 0.6) is 0 Å². The molecule has 6 nitrogen and oxygen atoms in total. The second-order valence-electron chi connectivity index (χ2n) is 4.87. The fraction of sp³-hybridized carbons (Fsp3) is 0.923. The van der Waals surface area contributed by atoms with Crippen LogP contribution < -0.4 is 5.32 Å². The number of guanidine groups is 1. The maximum atomic E-state index is 5.84. The molecule has 2 saturated heterocycles. The molecule has 0 saturated carbocycles. The van der Waals surface area contributed by atoms with Gasteiger partial charge in [0, 0.05) is 40.4 Å². The van der Waals surface area contributed by atoms with E-state index in [9.17, 15) is 0 Å². The van der Waals surface area contributed by atoms with Crippen LogP contribution in [0.2, 0.25) is 0 Å². The van der Waals surface area contributed by atoms with E-state index in [2.05, 4.69) is 15.2 Å². The van der Waals surface area contributed by atoms with Gasteiger partial charge in [0.15, 0.2) is 5.96 Å². The van der Waals surface area contributed by atoms with E-state index in [0.29, 0.717) is 6.61 Å². The van der Waals surface area contributed by atoms with Gasteiger partial charge in [-0.2, -0.15) is 0 Å². The first-order valence-corrected chi connectivity index (χ1v) is 7.03. The number of nitrogens with zero attached hydrogens (tertiary/aromatic N) is 2. The van der Waals surface area contributed by atoms with Gasteiger partial charge in [-0.1, -0.05) is 0 Å². The molecular formula is C13H26IN3O3. The van der Waals surface area contributed by atoms with Gasteiger partial charge in [-0.3, -0.25) is 4.99 Å². The minimum Gasteiger partial charge on any atom is -0.383 e. The summed E-state index contributed by atoms with van der Waals surface area (Å²) in [6.45, 7) is 4.76. The Bertz CT molecular complexity index is 299. The number of morpholine rings is 1. The zero-order chi connectivity index (χ0) is 13.5. The van der Waals surface area contributed by atoms with Crippen LogP contribution in [0.15, 0.2) is 4.99 Å². The molecule has 1 N–H and O–H groups in total. The standard InChI is InChI=1S/C13H25N3O3.HI/c1-14-13(15-5-8-17-2)16-6-9-19-12(10-16)11-4-3-7-18-11;/h11-12H,3-10H2,1-2H3,(H,14,15);1H. The molecule has 2 aliphatic rings. The topological polar surface area (TPSA) is 55.3 Å². The lowest BCUT2D eigenvalue weighted by Crippen LogP contribution is -2.53. The van der Waals surface area contributed by atoms with E-state index in [0.717, 1.165) is 51.6 Å². The quantitative estimate of drug-likeness (QED) is 0.327. The molecule has 20 heavy (non-hydrogen) atoms. The minimum atomic E-state index is 0. The highest BCUT2D eigenvalue weighted by Crippen LogP contribution is 2.20. The molecule has 0 aromatic carbocycles. The number of nitrogens with one attached hydrogen (secondary N) is 1. The summed E-state index contributed by atoms with van der Waals surface area (Å²) in [5.74, 6) is 0.920. The lowest BCUT2D eigenvalue weighted by Gasteiger charge is -2.37. The molecule has 0 aromatic heterocycles. The van der Waals surface area contributed by atoms with Crippen LogP contribution in [0.4, 0.5) is 0 Å². The largest absolute Gasteiger partial charge is 0.383 e. The smallest absolute Gasteiger partial charge is 0.193 e. The van der Waals surface area contributed by atoms with Crippen molar-refractivity contribution in [3.63, 3.8) is 0 Å². The second kappa shape index (κ2) is 9.75. The molecule has 2 heterocycles. The molecule has 0 spiro atoms. The zero-order valence-electron chi connectivity index (χ0n) is 12.3. The van der Waals surface area contributed by atoms with Crippen LogP contribution in [0.25, 0.3) is 0 Å². The van der Waals surface area contributed by atoms with Gasteiger partial charge < -0.3 is 24.4 Å². The number of hydrogen-bond donors (Lipinski definition) is 1. The van der Waals surface area contributed by atoms with E-state index in [1.165, 1.54) is 0 Å². The average Bonchev–Trinajstić information content (AvgIpc) is 2.98. The lowest BCUT2D eigenvalue weighted by molar-refractivity contribution is -0.0817. The molecule has 2 atom stereocenters. The highest BCUT2D eigenvalue weighted by molar-refractivity contribution is 14.0. The Morgan fingerprint density at radius 1 is 1.35 bits per heavy atom. The SMILES string of the molecule is CN=C(NCCOC)N1CCOC(C2CCCO2)C1.I. The van der Waals surface area contributed by atoms with Crippen molar-refractivity contribution >= 4 is 29.9 Å². The minimum absolute atomic E-state index is 0. The van der Waals surface area contributed by atoms with E-state index < -0.39 is 0 Å². The Morgan fingerprint density at radius 3 is 2.80 bits per heavy atom. The predicted molar refractivity (Wildman–Crippen MR) is 88.9 cm³/mol. The van der Waals surface area contributed by atoms with Crippen LogP contribution in [0.3, 0.4) is 0 Å². The molecule has 2 rings (SSSR count). The molecule has 118 valence electrons. The number of aliphatic imine (C=N–C) groups is 1. The van der Waals surface area contributed by atoms with Gasteiger partial charge in [-0.05, 0) is 12.8 Å². The van der Waals surface area contributed by atoms with Crippen molar-refractivity contribution in [1.82, 2.24) is 10.2 Å². The van der Waals surface area contributed by atoms with E-state index in [4.69, 9.17) is 14.2 Å². The van der Waals surface area contributed by atoms with Gasteiger partial charge in [0.05, 0.1) is 19.3 Å². The predicted octanol–water partition coefficient (Wildman–Crippen LogP) is 0.706. The summed E-state index contributed by atoms with van der Waals surface area (Å²) in [6.07, 6.45) is 2.66. The third-order valence-corrected chi connectivity index (χ3v) is 3.57. The zero-order valence-corrected chi connectivity index (χ0v) is 14.7. The van der Waals surface area contributed by atoms with Gasteiger partial charge in [0.1, 0.15) is 6.10 Å². The van der Waals surface area contributed by atoms with Crippen LogP contribution >= 0.6 is 24.0 Å². The molecule has 2 fully saturated rings. The maximum Gasteiger partial charge on any atom is 0.193 e. The first kappa shape index (κ1) is 17.9. The Balaban J connectivity index is 0.00000200. The summed E-state index contributed by atoms with van der Waals surface area (Å²) < 4.78 is 16.6. The van der Waals surface area contributed by atoms with E-state index in [-0.39, 0.29) is 36.2 Å². The Morgan fingerprint density at radius 2 is 2.15 bits per heavy atom. The fourth-order valence-electron chi connectivity index (χ4n) is 2.59. The van der Waals surface area contributed by atoms with Crippen LogP contribution in [0, 0.1) is 0 Å².